The molecule has 10 heteroatoms. The molecular formula is C27H24N2O8. The largest absolute Gasteiger partial charge is 0.497 e. The van der Waals surface area contributed by atoms with Crippen molar-refractivity contribution in [2.24, 2.45) is 0 Å². The summed E-state index contributed by atoms with van der Waals surface area (Å²) >= 11 is 0. The van der Waals surface area contributed by atoms with E-state index in [0.717, 1.165) is 15.8 Å². The molecule has 2 aliphatic rings. The number of rotatable bonds is 6. The van der Waals surface area contributed by atoms with E-state index in [2.05, 4.69) is 4.98 Å². The molecule has 1 unspecified atom stereocenters. The first-order chi connectivity index (χ1) is 17.8. The van der Waals surface area contributed by atoms with Gasteiger partial charge < -0.3 is 29.4 Å². The quantitative estimate of drug-likeness (QED) is 0.465. The van der Waals surface area contributed by atoms with Crippen LogP contribution < -0.4 is 14.2 Å². The topological polar surface area (TPSA) is 138 Å². The van der Waals surface area contributed by atoms with Gasteiger partial charge in [-0.15, -0.1) is 0 Å². The number of aliphatic hydroxyl groups excluding tert-OH is 1. The van der Waals surface area contributed by atoms with E-state index in [4.69, 9.17) is 14.2 Å². The Bertz CT molecular complexity index is 1500. The number of benzene rings is 2. The summed E-state index contributed by atoms with van der Waals surface area (Å²) in [5.41, 5.74) is -0.378. The number of hydrogen-bond acceptors (Lipinski definition) is 7. The number of carbonyl (C=O) groups is 3. The fourth-order valence-electron chi connectivity index (χ4n) is 4.74. The van der Waals surface area contributed by atoms with Gasteiger partial charge in [-0.3, -0.25) is 14.5 Å². The number of aliphatic hydroxyl groups is 1. The number of Topliss-reactive ketones (excluding diaryl/α,β-unsaturated/α-hetero) is 1. The number of H-pyrrole nitrogens is 1. The van der Waals surface area contributed by atoms with Crippen molar-refractivity contribution in [1.29, 1.82) is 0 Å². The zero-order chi connectivity index (χ0) is 26.3. The Morgan fingerprint density at radius 1 is 1.16 bits per heavy atom. The molecule has 0 aliphatic carbocycles. The number of methoxy groups -OCH3 is 2. The van der Waals surface area contributed by atoms with Crippen molar-refractivity contribution in [3.05, 3.63) is 71.4 Å². The molecule has 3 aromatic rings. The first-order valence-electron chi connectivity index (χ1n) is 11.4. The first kappa shape index (κ1) is 24.1. The summed E-state index contributed by atoms with van der Waals surface area (Å²) in [6, 6.07) is 10.1. The van der Waals surface area contributed by atoms with Crippen LogP contribution in [0.25, 0.3) is 16.6 Å². The highest BCUT2D eigenvalue weighted by Crippen LogP contribution is 2.43. The molecule has 0 spiro atoms. The van der Waals surface area contributed by atoms with Gasteiger partial charge in [-0.25, -0.2) is 4.79 Å². The monoisotopic (exact) mass is 504 g/mol. The molecule has 0 saturated heterocycles. The van der Waals surface area contributed by atoms with Gasteiger partial charge in [0.1, 0.15) is 17.2 Å². The van der Waals surface area contributed by atoms with E-state index in [1.54, 1.807) is 36.5 Å². The van der Waals surface area contributed by atoms with E-state index < -0.39 is 29.8 Å². The van der Waals surface area contributed by atoms with Crippen molar-refractivity contribution in [2.75, 3.05) is 27.4 Å². The van der Waals surface area contributed by atoms with Crippen molar-refractivity contribution >= 4 is 34.3 Å². The third-order valence-corrected chi connectivity index (χ3v) is 6.67. The highest BCUT2D eigenvalue weighted by Gasteiger charge is 2.50. The molecule has 3 N–H and O–H groups in total. The number of fused-ring (bicyclic) bond motifs is 3. The summed E-state index contributed by atoms with van der Waals surface area (Å²) in [5.74, 6) is -1.34. The maximum absolute atomic E-state index is 14.0. The van der Waals surface area contributed by atoms with Crippen molar-refractivity contribution < 1.29 is 38.8 Å². The normalized spacial score (nSPS) is 18.7. The lowest BCUT2D eigenvalue weighted by Gasteiger charge is -2.41. The maximum atomic E-state index is 14.0. The summed E-state index contributed by atoms with van der Waals surface area (Å²) in [4.78, 5) is 43.8. The van der Waals surface area contributed by atoms with E-state index >= 15 is 0 Å². The molecule has 2 aromatic carbocycles. The number of carbonyl (C=O) groups excluding carboxylic acids is 2. The van der Waals surface area contributed by atoms with Gasteiger partial charge in [-0.05, 0) is 24.3 Å². The number of aromatic amines is 1. The molecule has 1 amide bonds. The SMILES string of the molecule is COc1ccc(CC(=O)N2C3=C(C=CC2(CO)C(=O)O)C(=O)COc2cc4[nH]ccc4cc23)c(OC)c1. The number of aromatic nitrogens is 1. The molecule has 10 nitrogen and oxygen atoms in total. The standard InChI is InChI=1S/C27H24N2O8/c1-35-17-4-3-16(22(11-17)36-2)10-24(32)29-25-18(5-7-27(29,14-30)26(33)34)21(31)13-37-23-12-20-15(6-8-28-20)9-19(23)25/h3-9,11-12,28,30H,10,13-14H2,1-2H3,(H,33,34). The number of allylic oxidation sites excluding steroid dienone is 1. The van der Waals surface area contributed by atoms with Gasteiger partial charge in [0.2, 0.25) is 11.7 Å². The third kappa shape index (κ3) is 3.82. The van der Waals surface area contributed by atoms with Gasteiger partial charge >= 0.3 is 5.97 Å². The minimum absolute atomic E-state index is 0.0667. The molecule has 37 heavy (non-hydrogen) atoms. The van der Waals surface area contributed by atoms with Crippen LogP contribution in [0.5, 0.6) is 17.2 Å². The van der Waals surface area contributed by atoms with Crippen LogP contribution in [0.2, 0.25) is 0 Å². The molecular weight excluding hydrogens is 480 g/mol. The van der Waals surface area contributed by atoms with E-state index in [-0.39, 0.29) is 24.3 Å². The average molecular weight is 504 g/mol. The summed E-state index contributed by atoms with van der Waals surface area (Å²) in [6.45, 7) is -1.21. The van der Waals surface area contributed by atoms with Crippen LogP contribution in [-0.2, 0) is 20.8 Å². The Labute approximate surface area is 211 Å². The predicted molar refractivity (Wildman–Crippen MR) is 132 cm³/mol. The lowest BCUT2D eigenvalue weighted by molar-refractivity contribution is -0.154. The van der Waals surface area contributed by atoms with Crippen LogP contribution >= 0.6 is 0 Å². The van der Waals surface area contributed by atoms with Gasteiger partial charge in [0, 0.05) is 45.9 Å². The summed E-state index contributed by atoms with van der Waals surface area (Å²) in [7, 11) is 2.95. The smallest absolute Gasteiger partial charge is 0.336 e. The van der Waals surface area contributed by atoms with E-state index in [9.17, 15) is 24.6 Å². The Kier molecular flexibility index (Phi) is 5.96. The van der Waals surface area contributed by atoms with E-state index in [0.29, 0.717) is 28.4 Å². The highest BCUT2D eigenvalue weighted by molar-refractivity contribution is 6.12. The minimum atomic E-state index is -2.15. The molecule has 190 valence electrons. The molecule has 0 radical (unpaired) electrons. The third-order valence-electron chi connectivity index (χ3n) is 6.67. The summed E-state index contributed by atoms with van der Waals surface area (Å²) < 4.78 is 16.4. The Hall–Kier alpha value is -4.57. The van der Waals surface area contributed by atoms with E-state index in [1.165, 1.54) is 26.4 Å². The van der Waals surface area contributed by atoms with Crippen LogP contribution in [0.3, 0.4) is 0 Å². The summed E-state index contributed by atoms with van der Waals surface area (Å²) in [5, 5.41) is 21.4. The van der Waals surface area contributed by atoms with Crippen LogP contribution in [0, 0.1) is 0 Å². The molecule has 0 saturated carbocycles. The second kappa shape index (κ2) is 9.14. The van der Waals surface area contributed by atoms with Gasteiger partial charge in [0.05, 0.1) is 32.9 Å². The number of ketones is 1. The number of carboxylic acids is 1. The van der Waals surface area contributed by atoms with Crippen molar-refractivity contribution in [1.82, 2.24) is 9.88 Å². The Morgan fingerprint density at radius 3 is 2.68 bits per heavy atom. The van der Waals surface area contributed by atoms with Crippen LogP contribution in [0.1, 0.15) is 11.1 Å². The van der Waals surface area contributed by atoms with Crippen molar-refractivity contribution in [3.63, 3.8) is 0 Å². The number of nitrogens with one attached hydrogen (secondary N) is 1. The molecule has 2 aliphatic heterocycles. The van der Waals surface area contributed by atoms with Crippen LogP contribution in [-0.4, -0.2) is 70.7 Å². The van der Waals surface area contributed by atoms with Gasteiger partial charge in [0.25, 0.3) is 0 Å². The number of aliphatic carboxylic acids is 1. The molecule has 0 bridgehead atoms. The zero-order valence-electron chi connectivity index (χ0n) is 20.1. The van der Waals surface area contributed by atoms with Gasteiger partial charge in [0.15, 0.2) is 12.1 Å². The van der Waals surface area contributed by atoms with Crippen LogP contribution in [0.4, 0.5) is 0 Å². The maximum Gasteiger partial charge on any atom is 0.336 e. The fraction of sp³-hybridized carbons (Fsp3) is 0.222. The summed E-state index contributed by atoms with van der Waals surface area (Å²) in [6.07, 6.45) is 3.98. The molecule has 0 fully saturated rings. The molecule has 5 rings (SSSR count). The number of nitrogens with zero attached hydrogens (tertiary/aromatic N) is 1. The molecule has 3 heterocycles. The molecule has 1 aromatic heterocycles. The highest BCUT2D eigenvalue weighted by atomic mass is 16.5. The van der Waals surface area contributed by atoms with Crippen molar-refractivity contribution in [2.45, 2.75) is 12.0 Å². The van der Waals surface area contributed by atoms with Gasteiger partial charge in [-0.1, -0.05) is 12.1 Å². The second-order valence-electron chi connectivity index (χ2n) is 8.69. The number of ether oxygens (including phenoxy) is 3. The fourth-order valence-corrected chi connectivity index (χ4v) is 4.74. The van der Waals surface area contributed by atoms with Crippen molar-refractivity contribution in [3.8, 4) is 17.2 Å². The average Bonchev–Trinajstić information content (AvgIpc) is 3.32. The number of carboxylic acid groups (broad SMARTS) is 1. The predicted octanol–water partition coefficient (Wildman–Crippen LogP) is 2.31. The lowest BCUT2D eigenvalue weighted by atomic mass is 9.86. The first-order valence-corrected chi connectivity index (χ1v) is 11.4. The number of amides is 1. The van der Waals surface area contributed by atoms with Crippen LogP contribution in [0.15, 0.2) is 60.3 Å². The Balaban J connectivity index is 1.71. The minimum Gasteiger partial charge on any atom is -0.497 e. The lowest BCUT2D eigenvalue weighted by Crippen LogP contribution is -2.59. The Morgan fingerprint density at radius 2 is 1.97 bits per heavy atom. The van der Waals surface area contributed by atoms with E-state index in [1.807, 2.05) is 6.07 Å². The second-order valence-corrected chi connectivity index (χ2v) is 8.69. The number of hydrogen-bond donors (Lipinski definition) is 3. The zero-order valence-corrected chi connectivity index (χ0v) is 20.1. The molecule has 1 atom stereocenters. The van der Waals surface area contributed by atoms with Gasteiger partial charge in [-0.2, -0.15) is 0 Å².